The van der Waals surface area contributed by atoms with Gasteiger partial charge in [-0.3, -0.25) is 4.79 Å². The zero-order chi connectivity index (χ0) is 16.7. The van der Waals surface area contributed by atoms with Crippen LogP contribution >= 0.6 is 11.6 Å². The Morgan fingerprint density at radius 2 is 2.00 bits per heavy atom. The molecule has 2 aromatic rings. The number of aromatic nitrogens is 1. The predicted molar refractivity (Wildman–Crippen MR) is 97.0 cm³/mol. The highest BCUT2D eigenvalue weighted by atomic mass is 35.5. The van der Waals surface area contributed by atoms with Crippen LogP contribution in [0, 0.1) is 12.8 Å². The van der Waals surface area contributed by atoms with Crippen LogP contribution in [0.25, 0.3) is 10.9 Å². The first-order valence-corrected chi connectivity index (χ1v) is 9.36. The fraction of sp³-hybridized carbons (Fsp3) is 0.500. The summed E-state index contributed by atoms with van der Waals surface area (Å²) in [6.45, 7) is 2.64. The SMILES string of the molecule is Cc1cccc2cc(CN(C(=O)C3CC3)C3CCCC3)c(Cl)nc12. The highest BCUT2D eigenvalue weighted by molar-refractivity contribution is 6.30. The minimum Gasteiger partial charge on any atom is -0.335 e. The fourth-order valence-corrected chi connectivity index (χ4v) is 4.03. The van der Waals surface area contributed by atoms with Crippen molar-refractivity contribution in [3.63, 3.8) is 0 Å². The Morgan fingerprint density at radius 1 is 1.25 bits per heavy atom. The third-order valence-corrected chi connectivity index (χ3v) is 5.72. The van der Waals surface area contributed by atoms with Gasteiger partial charge >= 0.3 is 0 Å². The fourth-order valence-electron chi connectivity index (χ4n) is 3.83. The summed E-state index contributed by atoms with van der Waals surface area (Å²) in [5.74, 6) is 0.572. The minimum absolute atomic E-state index is 0.250. The second-order valence-electron chi connectivity index (χ2n) is 7.26. The maximum absolute atomic E-state index is 12.8. The molecule has 1 heterocycles. The van der Waals surface area contributed by atoms with E-state index >= 15 is 0 Å². The molecule has 0 N–H and O–H groups in total. The maximum atomic E-state index is 12.8. The van der Waals surface area contributed by atoms with E-state index in [0.717, 1.165) is 47.7 Å². The molecule has 24 heavy (non-hydrogen) atoms. The summed E-state index contributed by atoms with van der Waals surface area (Å²) < 4.78 is 0. The Hall–Kier alpha value is -1.61. The number of aryl methyl sites for hydroxylation is 1. The molecule has 1 aromatic heterocycles. The Bertz CT molecular complexity index is 779. The summed E-state index contributed by atoms with van der Waals surface area (Å²) in [5.41, 5.74) is 3.05. The van der Waals surface area contributed by atoms with Gasteiger partial charge in [0.05, 0.1) is 5.52 Å². The van der Waals surface area contributed by atoms with Gasteiger partial charge < -0.3 is 4.90 Å². The van der Waals surface area contributed by atoms with Gasteiger partial charge in [-0.2, -0.15) is 0 Å². The van der Waals surface area contributed by atoms with Gasteiger partial charge in [-0.25, -0.2) is 4.98 Å². The number of halogens is 1. The van der Waals surface area contributed by atoms with Crippen molar-refractivity contribution in [1.82, 2.24) is 9.88 Å². The number of benzene rings is 1. The molecule has 0 bridgehead atoms. The Morgan fingerprint density at radius 3 is 2.71 bits per heavy atom. The summed E-state index contributed by atoms with van der Waals surface area (Å²) >= 11 is 6.48. The highest BCUT2D eigenvalue weighted by Gasteiger charge is 2.37. The van der Waals surface area contributed by atoms with Crippen LogP contribution in [0.15, 0.2) is 24.3 Å². The number of hydrogen-bond acceptors (Lipinski definition) is 2. The lowest BCUT2D eigenvalue weighted by atomic mass is 10.1. The smallest absolute Gasteiger partial charge is 0.226 e. The number of fused-ring (bicyclic) bond motifs is 1. The second kappa shape index (κ2) is 6.36. The van der Waals surface area contributed by atoms with Crippen LogP contribution in [-0.4, -0.2) is 21.8 Å². The first-order chi connectivity index (χ1) is 11.6. The van der Waals surface area contributed by atoms with Crippen molar-refractivity contribution < 1.29 is 4.79 Å². The Balaban J connectivity index is 1.67. The molecule has 2 saturated carbocycles. The first-order valence-electron chi connectivity index (χ1n) is 8.98. The molecule has 1 aromatic carbocycles. The van der Waals surface area contributed by atoms with Gasteiger partial charge in [-0.05, 0) is 44.2 Å². The number of pyridine rings is 1. The van der Waals surface area contributed by atoms with E-state index in [4.69, 9.17) is 11.6 Å². The molecule has 1 amide bonds. The van der Waals surface area contributed by atoms with Crippen LogP contribution in [0.1, 0.15) is 49.7 Å². The highest BCUT2D eigenvalue weighted by Crippen LogP contribution is 2.35. The van der Waals surface area contributed by atoms with Gasteiger partial charge in [-0.15, -0.1) is 0 Å². The van der Waals surface area contributed by atoms with Crippen molar-refractivity contribution in [1.29, 1.82) is 0 Å². The molecule has 0 atom stereocenters. The van der Waals surface area contributed by atoms with E-state index in [0.29, 0.717) is 23.6 Å². The summed E-state index contributed by atoms with van der Waals surface area (Å²) in [5, 5.41) is 1.63. The summed E-state index contributed by atoms with van der Waals surface area (Å²) in [7, 11) is 0. The van der Waals surface area contributed by atoms with Crippen LogP contribution in [0.2, 0.25) is 5.15 Å². The number of para-hydroxylation sites is 1. The molecule has 0 aliphatic heterocycles. The summed E-state index contributed by atoms with van der Waals surface area (Å²) in [6.07, 6.45) is 6.78. The third-order valence-electron chi connectivity index (χ3n) is 5.39. The average Bonchev–Trinajstić information content (AvgIpc) is 3.29. The number of carbonyl (C=O) groups is 1. The molecule has 2 aliphatic rings. The monoisotopic (exact) mass is 342 g/mol. The van der Waals surface area contributed by atoms with Gasteiger partial charge in [0.2, 0.25) is 5.91 Å². The topological polar surface area (TPSA) is 33.2 Å². The zero-order valence-electron chi connectivity index (χ0n) is 14.1. The molecule has 0 unspecified atom stereocenters. The number of amides is 1. The summed E-state index contributed by atoms with van der Waals surface area (Å²) in [4.78, 5) is 19.5. The lowest BCUT2D eigenvalue weighted by Gasteiger charge is -2.29. The largest absolute Gasteiger partial charge is 0.335 e. The number of carbonyl (C=O) groups excluding carboxylic acids is 1. The van der Waals surface area contributed by atoms with E-state index < -0.39 is 0 Å². The molecule has 126 valence electrons. The zero-order valence-corrected chi connectivity index (χ0v) is 14.9. The number of rotatable bonds is 4. The van der Waals surface area contributed by atoms with E-state index in [-0.39, 0.29) is 5.92 Å². The number of nitrogens with zero attached hydrogens (tertiary/aromatic N) is 2. The van der Waals surface area contributed by atoms with Crippen molar-refractivity contribution in [2.75, 3.05) is 0 Å². The van der Waals surface area contributed by atoms with E-state index in [1.54, 1.807) is 0 Å². The lowest BCUT2D eigenvalue weighted by molar-refractivity contribution is -0.135. The predicted octanol–water partition coefficient (Wildman–Crippen LogP) is 4.88. The van der Waals surface area contributed by atoms with Crippen molar-refractivity contribution in [2.24, 2.45) is 5.92 Å². The van der Waals surface area contributed by atoms with Crippen molar-refractivity contribution in [2.45, 2.75) is 58.0 Å². The molecular formula is C20H23ClN2O. The minimum atomic E-state index is 0.250. The molecular weight excluding hydrogens is 320 g/mol. The molecule has 4 heteroatoms. The normalized spacial score (nSPS) is 18.2. The first kappa shape index (κ1) is 15.9. The van der Waals surface area contributed by atoms with Crippen LogP contribution in [-0.2, 0) is 11.3 Å². The third kappa shape index (κ3) is 3.02. The molecule has 4 rings (SSSR count). The Kier molecular flexibility index (Phi) is 4.21. The molecule has 0 radical (unpaired) electrons. The van der Waals surface area contributed by atoms with Crippen molar-refractivity contribution in [3.05, 3.63) is 40.5 Å². The van der Waals surface area contributed by atoms with Crippen LogP contribution in [0.4, 0.5) is 0 Å². The quantitative estimate of drug-likeness (QED) is 0.742. The Labute approximate surface area is 148 Å². The van der Waals surface area contributed by atoms with Crippen LogP contribution in [0.3, 0.4) is 0 Å². The van der Waals surface area contributed by atoms with Crippen LogP contribution in [0.5, 0.6) is 0 Å². The molecule has 2 fully saturated rings. The van der Waals surface area contributed by atoms with E-state index in [1.165, 1.54) is 12.8 Å². The molecule has 0 spiro atoms. The molecule has 0 saturated heterocycles. The maximum Gasteiger partial charge on any atom is 0.226 e. The van der Waals surface area contributed by atoms with Crippen molar-refractivity contribution in [3.8, 4) is 0 Å². The summed E-state index contributed by atoms with van der Waals surface area (Å²) in [6, 6.07) is 8.65. The van der Waals surface area contributed by atoms with Gasteiger partial charge in [0.25, 0.3) is 0 Å². The molecule has 3 nitrogen and oxygen atoms in total. The van der Waals surface area contributed by atoms with Gasteiger partial charge in [0.1, 0.15) is 5.15 Å². The standard InChI is InChI=1S/C20H23ClN2O/c1-13-5-4-6-15-11-16(19(21)22-18(13)15)12-23(17-7-2-3-8-17)20(24)14-9-10-14/h4-6,11,14,17H,2-3,7-10,12H2,1H3. The number of hydrogen-bond donors (Lipinski definition) is 0. The van der Waals surface area contributed by atoms with E-state index in [9.17, 15) is 4.79 Å². The van der Waals surface area contributed by atoms with Crippen LogP contribution < -0.4 is 0 Å². The van der Waals surface area contributed by atoms with Gasteiger partial charge in [0, 0.05) is 29.5 Å². The van der Waals surface area contributed by atoms with Gasteiger partial charge in [0.15, 0.2) is 0 Å². The van der Waals surface area contributed by atoms with E-state index in [2.05, 4.69) is 22.0 Å². The van der Waals surface area contributed by atoms with E-state index in [1.807, 2.05) is 19.1 Å². The lowest BCUT2D eigenvalue weighted by Crippen LogP contribution is -2.39. The molecule has 2 aliphatic carbocycles. The van der Waals surface area contributed by atoms with Crippen molar-refractivity contribution >= 4 is 28.4 Å². The van der Waals surface area contributed by atoms with Gasteiger partial charge in [-0.1, -0.05) is 42.6 Å². The second-order valence-corrected chi connectivity index (χ2v) is 7.62. The average molecular weight is 343 g/mol.